The minimum absolute atomic E-state index is 0.0947. The molecule has 7 heteroatoms. The predicted octanol–water partition coefficient (Wildman–Crippen LogP) is 2.72. The van der Waals surface area contributed by atoms with Crippen LogP contribution in [0.3, 0.4) is 0 Å². The average Bonchev–Trinajstić information content (AvgIpc) is 2.45. The van der Waals surface area contributed by atoms with Gasteiger partial charge >= 0.3 is 0 Å². The molecule has 6 nitrogen and oxygen atoms in total. The van der Waals surface area contributed by atoms with E-state index in [4.69, 9.17) is 0 Å². The van der Waals surface area contributed by atoms with Crippen molar-refractivity contribution in [1.82, 2.24) is 9.71 Å². The monoisotopic (exact) mass is 347 g/mol. The number of carbonyl (C=O) groups excluding carboxylic acids is 1. The summed E-state index contributed by atoms with van der Waals surface area (Å²) in [5.41, 5.74) is 1.03. The third kappa shape index (κ3) is 4.87. The van der Waals surface area contributed by atoms with Gasteiger partial charge in [-0.05, 0) is 58.0 Å². The van der Waals surface area contributed by atoms with Crippen LogP contribution in [0.1, 0.15) is 36.8 Å². The first-order valence-corrected chi connectivity index (χ1v) is 8.93. The molecule has 0 aliphatic rings. The van der Waals surface area contributed by atoms with E-state index in [1.54, 1.807) is 45.0 Å². The van der Waals surface area contributed by atoms with Crippen LogP contribution in [0.4, 0.5) is 5.69 Å². The molecular formula is C17H21N3O3S. The summed E-state index contributed by atoms with van der Waals surface area (Å²) < 4.78 is 27.3. The Labute approximate surface area is 142 Å². The maximum absolute atomic E-state index is 12.4. The van der Waals surface area contributed by atoms with E-state index in [2.05, 4.69) is 15.0 Å². The van der Waals surface area contributed by atoms with Crippen molar-refractivity contribution >= 4 is 21.6 Å². The van der Waals surface area contributed by atoms with Crippen LogP contribution in [0.25, 0.3) is 0 Å². The number of sulfonamides is 1. The summed E-state index contributed by atoms with van der Waals surface area (Å²) in [6, 6.07) is 9.53. The highest BCUT2D eigenvalue weighted by atomic mass is 32.2. The van der Waals surface area contributed by atoms with E-state index < -0.39 is 15.6 Å². The summed E-state index contributed by atoms with van der Waals surface area (Å²) in [5.74, 6) is -0.346. The summed E-state index contributed by atoms with van der Waals surface area (Å²) in [7, 11) is -3.66. The van der Waals surface area contributed by atoms with Gasteiger partial charge in [-0.15, -0.1) is 0 Å². The maximum Gasteiger partial charge on any atom is 0.257 e. The standard InChI is InChI=1S/C17H21N3O3S/c1-12-8-9-13(11-18-12)16(21)19-14-6-5-7-15(10-14)24(22,23)20-17(2,3)4/h5-11,20H,1-4H3,(H,19,21). The number of nitrogens with zero attached hydrogens (tertiary/aromatic N) is 1. The SMILES string of the molecule is Cc1ccc(C(=O)Nc2cccc(S(=O)(=O)NC(C)(C)C)c2)cn1. The maximum atomic E-state index is 12.4. The molecule has 0 unspecified atom stereocenters. The quantitative estimate of drug-likeness (QED) is 0.890. The molecule has 0 saturated heterocycles. The number of pyridine rings is 1. The Kier molecular flexibility index (Phi) is 5.05. The van der Waals surface area contributed by atoms with Gasteiger partial charge in [0.15, 0.2) is 0 Å². The molecule has 24 heavy (non-hydrogen) atoms. The van der Waals surface area contributed by atoms with Crippen molar-refractivity contribution in [2.75, 3.05) is 5.32 Å². The molecule has 2 aromatic rings. The molecule has 0 atom stereocenters. The second-order valence-electron chi connectivity index (χ2n) is 6.53. The van der Waals surface area contributed by atoms with E-state index in [-0.39, 0.29) is 10.8 Å². The molecule has 0 bridgehead atoms. The van der Waals surface area contributed by atoms with Crippen molar-refractivity contribution in [2.24, 2.45) is 0 Å². The largest absolute Gasteiger partial charge is 0.322 e. The topological polar surface area (TPSA) is 88.2 Å². The lowest BCUT2D eigenvalue weighted by atomic mass is 10.1. The van der Waals surface area contributed by atoms with Crippen molar-refractivity contribution in [3.63, 3.8) is 0 Å². The number of carbonyl (C=O) groups is 1. The Bertz CT molecular complexity index is 838. The average molecular weight is 347 g/mol. The van der Waals surface area contributed by atoms with Crippen LogP contribution >= 0.6 is 0 Å². The van der Waals surface area contributed by atoms with E-state index >= 15 is 0 Å². The van der Waals surface area contributed by atoms with Gasteiger partial charge in [0.25, 0.3) is 5.91 Å². The van der Waals surface area contributed by atoms with E-state index in [1.807, 2.05) is 6.92 Å². The summed E-state index contributed by atoms with van der Waals surface area (Å²) in [5, 5.41) is 2.68. The van der Waals surface area contributed by atoms with Gasteiger partial charge in [0.05, 0.1) is 10.5 Å². The van der Waals surface area contributed by atoms with Gasteiger partial charge in [0.2, 0.25) is 10.0 Å². The highest BCUT2D eigenvalue weighted by molar-refractivity contribution is 7.89. The molecule has 128 valence electrons. The van der Waals surface area contributed by atoms with Gasteiger partial charge in [-0.1, -0.05) is 6.07 Å². The molecule has 2 rings (SSSR count). The minimum atomic E-state index is -3.66. The molecule has 1 heterocycles. The lowest BCUT2D eigenvalue weighted by Crippen LogP contribution is -2.40. The second kappa shape index (κ2) is 6.70. The fourth-order valence-electron chi connectivity index (χ4n) is 2.01. The van der Waals surface area contributed by atoms with Crippen LogP contribution in [-0.2, 0) is 10.0 Å². The first kappa shape index (κ1) is 18.1. The smallest absolute Gasteiger partial charge is 0.257 e. The van der Waals surface area contributed by atoms with E-state index in [1.165, 1.54) is 18.3 Å². The van der Waals surface area contributed by atoms with Crippen LogP contribution in [-0.4, -0.2) is 24.8 Å². The van der Waals surface area contributed by atoms with E-state index in [0.717, 1.165) is 5.69 Å². The van der Waals surface area contributed by atoms with Crippen LogP contribution in [0.15, 0.2) is 47.5 Å². The summed E-state index contributed by atoms with van der Waals surface area (Å²) in [4.78, 5) is 16.4. The number of amides is 1. The van der Waals surface area contributed by atoms with Gasteiger partial charge in [-0.25, -0.2) is 13.1 Å². The summed E-state index contributed by atoms with van der Waals surface area (Å²) >= 11 is 0. The van der Waals surface area contributed by atoms with Crippen LogP contribution < -0.4 is 10.0 Å². The van der Waals surface area contributed by atoms with Crippen LogP contribution in [0.2, 0.25) is 0 Å². The molecule has 2 N–H and O–H groups in total. The number of hydrogen-bond donors (Lipinski definition) is 2. The third-order valence-electron chi connectivity index (χ3n) is 3.02. The van der Waals surface area contributed by atoms with Crippen molar-refractivity contribution in [3.05, 3.63) is 53.9 Å². The molecule has 0 fully saturated rings. The number of benzene rings is 1. The Morgan fingerprint density at radius 2 is 1.83 bits per heavy atom. The van der Waals surface area contributed by atoms with Crippen molar-refractivity contribution < 1.29 is 13.2 Å². The molecule has 0 aliphatic carbocycles. The number of aryl methyl sites for hydroxylation is 1. The molecule has 1 amide bonds. The second-order valence-corrected chi connectivity index (χ2v) is 8.21. The summed E-state index contributed by atoms with van der Waals surface area (Å²) in [6.07, 6.45) is 1.48. The number of nitrogens with one attached hydrogen (secondary N) is 2. The fourth-order valence-corrected chi connectivity index (χ4v) is 3.47. The molecule has 0 aliphatic heterocycles. The van der Waals surface area contributed by atoms with E-state index in [0.29, 0.717) is 11.3 Å². The number of hydrogen-bond acceptors (Lipinski definition) is 4. The zero-order valence-corrected chi connectivity index (χ0v) is 14.9. The highest BCUT2D eigenvalue weighted by Crippen LogP contribution is 2.18. The first-order chi connectivity index (χ1) is 11.1. The third-order valence-corrected chi connectivity index (χ3v) is 4.77. The van der Waals surface area contributed by atoms with Gasteiger partial charge in [-0.2, -0.15) is 0 Å². The number of anilines is 1. The van der Waals surface area contributed by atoms with Crippen molar-refractivity contribution in [1.29, 1.82) is 0 Å². The van der Waals surface area contributed by atoms with Crippen molar-refractivity contribution in [2.45, 2.75) is 38.1 Å². The number of aromatic nitrogens is 1. The lowest BCUT2D eigenvalue weighted by Gasteiger charge is -2.20. The lowest BCUT2D eigenvalue weighted by molar-refractivity contribution is 0.102. The van der Waals surface area contributed by atoms with Crippen LogP contribution in [0, 0.1) is 6.92 Å². The van der Waals surface area contributed by atoms with Crippen molar-refractivity contribution in [3.8, 4) is 0 Å². The van der Waals surface area contributed by atoms with Gasteiger partial charge in [-0.3, -0.25) is 9.78 Å². The normalized spacial score (nSPS) is 12.0. The molecule has 1 aromatic heterocycles. The Morgan fingerprint density at radius 3 is 2.42 bits per heavy atom. The zero-order chi connectivity index (χ0) is 18.0. The van der Waals surface area contributed by atoms with Gasteiger partial charge < -0.3 is 5.32 Å². The van der Waals surface area contributed by atoms with E-state index in [9.17, 15) is 13.2 Å². The Morgan fingerprint density at radius 1 is 1.12 bits per heavy atom. The molecule has 0 spiro atoms. The Hall–Kier alpha value is -2.25. The molecule has 0 saturated carbocycles. The van der Waals surface area contributed by atoms with Gasteiger partial charge in [0.1, 0.15) is 0 Å². The van der Waals surface area contributed by atoms with Crippen LogP contribution in [0.5, 0.6) is 0 Å². The Balaban J connectivity index is 2.21. The molecule has 0 radical (unpaired) electrons. The molecular weight excluding hydrogens is 326 g/mol. The number of rotatable bonds is 4. The highest BCUT2D eigenvalue weighted by Gasteiger charge is 2.22. The minimum Gasteiger partial charge on any atom is -0.322 e. The molecule has 1 aromatic carbocycles. The summed E-state index contributed by atoms with van der Waals surface area (Å²) in [6.45, 7) is 7.12. The van der Waals surface area contributed by atoms with Gasteiger partial charge in [0, 0.05) is 23.1 Å². The predicted molar refractivity (Wildman–Crippen MR) is 93.4 cm³/mol. The fraction of sp³-hybridized carbons (Fsp3) is 0.294. The zero-order valence-electron chi connectivity index (χ0n) is 14.1. The first-order valence-electron chi connectivity index (χ1n) is 7.45.